The molecule has 0 saturated carbocycles. The number of hydrogen-bond donors (Lipinski definition) is 0. The predicted molar refractivity (Wildman–Crippen MR) is 50.7 cm³/mol. The molecule has 12 heavy (non-hydrogen) atoms. The summed E-state index contributed by atoms with van der Waals surface area (Å²) in [7, 11) is 0. The number of rotatable bonds is 1. The fourth-order valence-electron chi connectivity index (χ4n) is 1.31. The van der Waals surface area contributed by atoms with Crippen LogP contribution in [0.3, 0.4) is 0 Å². The molecule has 0 nitrogen and oxygen atoms in total. The molecule has 0 heterocycles. The molecule has 0 aromatic heterocycles. The molecular formula is C12H10. The van der Waals surface area contributed by atoms with Gasteiger partial charge in [-0.15, -0.1) is 0 Å². The molecule has 0 amide bonds. The molecule has 2 radical (unpaired) electrons. The van der Waals surface area contributed by atoms with Gasteiger partial charge in [-0.25, -0.2) is 0 Å². The van der Waals surface area contributed by atoms with Crippen LogP contribution in [-0.2, 0) is 0 Å². The number of benzene rings is 1. The van der Waals surface area contributed by atoms with Gasteiger partial charge in [-0.2, -0.15) is 0 Å². The normalized spacial score (nSPS) is 21.2. The van der Waals surface area contributed by atoms with E-state index < -0.39 is 0 Å². The molecule has 1 aliphatic rings. The van der Waals surface area contributed by atoms with Crippen molar-refractivity contribution in [2.75, 3.05) is 0 Å². The lowest BCUT2D eigenvalue weighted by Crippen LogP contribution is -1.95. The van der Waals surface area contributed by atoms with Gasteiger partial charge < -0.3 is 0 Å². The van der Waals surface area contributed by atoms with E-state index in [4.69, 9.17) is 0 Å². The van der Waals surface area contributed by atoms with E-state index in [1.165, 1.54) is 5.56 Å². The average molecular weight is 154 g/mol. The van der Waals surface area contributed by atoms with Crippen molar-refractivity contribution < 1.29 is 0 Å². The fraction of sp³-hybridized carbons (Fsp3) is 0.0833. The minimum absolute atomic E-state index is 0.344. The molecule has 0 fully saturated rings. The monoisotopic (exact) mass is 154 g/mol. The standard InChI is InChI=1S/C12H10/c1-3-7-11(8-4-1)12-9-5-2-6-10-12/h1-9,12H. The van der Waals surface area contributed by atoms with Crippen LogP contribution in [0.4, 0.5) is 0 Å². The Morgan fingerprint density at radius 3 is 2.50 bits per heavy atom. The van der Waals surface area contributed by atoms with Crippen molar-refractivity contribution in [1.82, 2.24) is 0 Å². The zero-order valence-corrected chi connectivity index (χ0v) is 6.77. The zero-order chi connectivity index (χ0) is 8.23. The maximum absolute atomic E-state index is 3.27. The van der Waals surface area contributed by atoms with Gasteiger partial charge in [-0.05, 0) is 5.56 Å². The van der Waals surface area contributed by atoms with Crippen LogP contribution in [0.1, 0.15) is 11.5 Å². The number of allylic oxidation sites excluding steroid dienone is 4. The van der Waals surface area contributed by atoms with Gasteiger partial charge in [0, 0.05) is 12.3 Å². The quantitative estimate of drug-likeness (QED) is 0.583. The minimum atomic E-state index is 0.344. The van der Waals surface area contributed by atoms with Crippen molar-refractivity contribution in [3.8, 4) is 0 Å². The molecule has 1 aromatic carbocycles. The summed E-state index contributed by atoms with van der Waals surface area (Å²) >= 11 is 0. The summed E-state index contributed by atoms with van der Waals surface area (Å²) in [6.07, 6.45) is 11.4. The highest BCUT2D eigenvalue weighted by atomic mass is 14.1. The first-order valence-corrected chi connectivity index (χ1v) is 4.11. The molecule has 1 unspecified atom stereocenters. The van der Waals surface area contributed by atoms with Gasteiger partial charge in [0.1, 0.15) is 0 Å². The Morgan fingerprint density at radius 1 is 1.00 bits per heavy atom. The summed E-state index contributed by atoms with van der Waals surface area (Å²) in [4.78, 5) is 0. The minimum Gasteiger partial charge on any atom is -0.0761 e. The van der Waals surface area contributed by atoms with Gasteiger partial charge in [-0.3, -0.25) is 0 Å². The summed E-state index contributed by atoms with van der Waals surface area (Å²) in [5.74, 6) is 0.344. The Hall–Kier alpha value is -1.30. The number of hydrogen-bond acceptors (Lipinski definition) is 0. The Morgan fingerprint density at radius 2 is 1.83 bits per heavy atom. The summed E-state index contributed by atoms with van der Waals surface area (Å²) in [5.41, 5.74) is 1.30. The molecule has 1 aliphatic carbocycles. The second kappa shape index (κ2) is 3.40. The van der Waals surface area contributed by atoms with Crippen LogP contribution in [0.15, 0.2) is 54.6 Å². The molecule has 0 N–H and O–H groups in total. The van der Waals surface area contributed by atoms with Crippen LogP contribution in [0.2, 0.25) is 0 Å². The van der Waals surface area contributed by atoms with E-state index in [1.807, 2.05) is 18.2 Å². The van der Waals surface area contributed by atoms with Crippen LogP contribution in [0.25, 0.3) is 0 Å². The predicted octanol–water partition coefficient (Wildman–Crippen LogP) is 2.98. The van der Waals surface area contributed by atoms with Crippen molar-refractivity contribution in [2.45, 2.75) is 5.92 Å². The maximum Gasteiger partial charge on any atom is 0.0206 e. The molecule has 0 bridgehead atoms. The molecular weight excluding hydrogens is 144 g/mol. The van der Waals surface area contributed by atoms with Crippen molar-refractivity contribution in [3.05, 3.63) is 66.6 Å². The van der Waals surface area contributed by atoms with Crippen LogP contribution in [0.5, 0.6) is 0 Å². The summed E-state index contributed by atoms with van der Waals surface area (Å²) < 4.78 is 0. The van der Waals surface area contributed by atoms with E-state index in [1.54, 1.807) is 0 Å². The summed E-state index contributed by atoms with van der Waals surface area (Å²) in [5, 5.41) is 0. The lowest BCUT2D eigenvalue weighted by Gasteiger charge is -2.11. The highest BCUT2D eigenvalue weighted by molar-refractivity contribution is 5.33. The topological polar surface area (TPSA) is 0 Å². The molecule has 1 atom stereocenters. The van der Waals surface area contributed by atoms with Crippen molar-refractivity contribution in [1.29, 1.82) is 0 Å². The van der Waals surface area contributed by atoms with Gasteiger partial charge in [0.05, 0.1) is 0 Å². The lowest BCUT2D eigenvalue weighted by atomic mass is 9.93. The molecule has 2 rings (SSSR count). The Balaban J connectivity index is 2.21. The van der Waals surface area contributed by atoms with E-state index in [-0.39, 0.29) is 0 Å². The van der Waals surface area contributed by atoms with Crippen LogP contribution in [0, 0.1) is 6.42 Å². The third-order valence-corrected chi connectivity index (χ3v) is 1.95. The van der Waals surface area contributed by atoms with Gasteiger partial charge in [0.25, 0.3) is 0 Å². The second-order valence-corrected chi connectivity index (χ2v) is 2.80. The van der Waals surface area contributed by atoms with E-state index in [0.717, 1.165) is 0 Å². The Labute approximate surface area is 73.2 Å². The Bertz CT molecular complexity index is 293. The molecule has 0 saturated heterocycles. The van der Waals surface area contributed by atoms with Crippen molar-refractivity contribution >= 4 is 0 Å². The maximum atomic E-state index is 3.27. The molecule has 0 aliphatic heterocycles. The first-order valence-electron chi connectivity index (χ1n) is 4.11. The van der Waals surface area contributed by atoms with E-state index in [0.29, 0.717) is 5.92 Å². The smallest absolute Gasteiger partial charge is 0.0206 e. The molecule has 58 valence electrons. The summed E-state index contributed by atoms with van der Waals surface area (Å²) in [6, 6.07) is 10.4. The van der Waals surface area contributed by atoms with Crippen molar-refractivity contribution in [3.63, 3.8) is 0 Å². The van der Waals surface area contributed by atoms with Gasteiger partial charge in [-0.1, -0.05) is 54.6 Å². The van der Waals surface area contributed by atoms with Gasteiger partial charge in [0.15, 0.2) is 0 Å². The van der Waals surface area contributed by atoms with Crippen LogP contribution >= 0.6 is 0 Å². The molecule has 0 spiro atoms. The van der Waals surface area contributed by atoms with Crippen molar-refractivity contribution in [2.24, 2.45) is 0 Å². The second-order valence-electron chi connectivity index (χ2n) is 2.80. The van der Waals surface area contributed by atoms with E-state index in [2.05, 4.69) is 42.8 Å². The lowest BCUT2D eigenvalue weighted by molar-refractivity contribution is 1.01. The van der Waals surface area contributed by atoms with Crippen LogP contribution < -0.4 is 0 Å². The average Bonchev–Trinajstić information content (AvgIpc) is 2.21. The third-order valence-electron chi connectivity index (χ3n) is 1.95. The third kappa shape index (κ3) is 1.48. The van der Waals surface area contributed by atoms with E-state index >= 15 is 0 Å². The Kier molecular flexibility index (Phi) is 2.08. The highest BCUT2D eigenvalue weighted by Gasteiger charge is 2.07. The summed E-state index contributed by atoms with van der Waals surface area (Å²) in [6.45, 7) is 0. The largest absolute Gasteiger partial charge is 0.0761 e. The molecule has 1 aromatic rings. The van der Waals surface area contributed by atoms with Gasteiger partial charge >= 0.3 is 0 Å². The first-order chi connectivity index (χ1) is 5.97. The van der Waals surface area contributed by atoms with Gasteiger partial charge in [0.2, 0.25) is 0 Å². The fourth-order valence-corrected chi connectivity index (χ4v) is 1.31. The SMILES string of the molecule is [C]1C=CC=CC1c1ccccc1. The van der Waals surface area contributed by atoms with Crippen LogP contribution in [-0.4, -0.2) is 0 Å². The zero-order valence-electron chi connectivity index (χ0n) is 6.77. The highest BCUT2D eigenvalue weighted by Crippen LogP contribution is 2.22. The van der Waals surface area contributed by atoms with E-state index in [9.17, 15) is 0 Å². The first kappa shape index (κ1) is 7.35. The molecule has 0 heteroatoms.